The van der Waals surface area contributed by atoms with Crippen LogP contribution < -0.4 is 4.74 Å². The largest absolute Gasteiger partial charge is 0.427 e. The van der Waals surface area contributed by atoms with Crippen molar-refractivity contribution in [2.24, 2.45) is 0 Å². The third-order valence-corrected chi connectivity index (χ3v) is 3.68. The van der Waals surface area contributed by atoms with Gasteiger partial charge in [0.05, 0.1) is 11.6 Å². The van der Waals surface area contributed by atoms with Gasteiger partial charge in [-0.25, -0.2) is 0 Å². The molecular weight excluding hydrogens is 322 g/mol. The second kappa shape index (κ2) is 8.90. The third kappa shape index (κ3) is 5.26. The van der Waals surface area contributed by atoms with Crippen LogP contribution in [0, 0.1) is 11.3 Å². The fraction of sp³-hybridized carbons (Fsp3) is 0.200. The van der Waals surface area contributed by atoms with Gasteiger partial charge in [-0.3, -0.25) is 4.79 Å². The monoisotopic (exact) mass is 339 g/mol. The number of hydrogen-bond donors (Lipinski definition) is 0. The molecule has 0 heterocycles. The molecule has 122 valence electrons. The number of halogens is 1. The molecule has 0 saturated heterocycles. The van der Waals surface area contributed by atoms with Crippen LogP contribution in [-0.2, 0) is 4.79 Å². The lowest BCUT2D eigenvalue weighted by molar-refractivity contribution is -0.134. The third-order valence-electron chi connectivity index (χ3n) is 3.43. The number of carbonyl (C=O) groups is 1. The van der Waals surface area contributed by atoms with E-state index in [0.717, 1.165) is 24.0 Å². The molecule has 0 aliphatic carbocycles. The van der Waals surface area contributed by atoms with Gasteiger partial charge < -0.3 is 4.74 Å². The van der Waals surface area contributed by atoms with E-state index in [1.807, 2.05) is 19.1 Å². The van der Waals surface area contributed by atoms with Crippen molar-refractivity contribution in [2.75, 3.05) is 0 Å². The number of nitriles is 1. The molecule has 0 N–H and O–H groups in total. The van der Waals surface area contributed by atoms with Crippen LogP contribution in [0.15, 0.2) is 48.5 Å². The smallest absolute Gasteiger partial charge is 0.311 e. The van der Waals surface area contributed by atoms with Gasteiger partial charge in [0.25, 0.3) is 0 Å². The van der Waals surface area contributed by atoms with E-state index in [0.29, 0.717) is 22.8 Å². The molecule has 0 fully saturated rings. The molecule has 24 heavy (non-hydrogen) atoms. The summed E-state index contributed by atoms with van der Waals surface area (Å²) >= 11 is 5.87. The lowest BCUT2D eigenvalue weighted by Crippen LogP contribution is -2.07. The van der Waals surface area contributed by atoms with Crippen molar-refractivity contribution < 1.29 is 9.53 Å². The maximum Gasteiger partial charge on any atom is 0.311 e. The Balaban J connectivity index is 2.10. The van der Waals surface area contributed by atoms with Gasteiger partial charge in [0.1, 0.15) is 5.75 Å². The lowest BCUT2D eigenvalue weighted by Gasteiger charge is -2.04. The Morgan fingerprint density at radius 2 is 1.83 bits per heavy atom. The van der Waals surface area contributed by atoms with Gasteiger partial charge in [0.2, 0.25) is 0 Å². The van der Waals surface area contributed by atoms with E-state index < -0.39 is 0 Å². The highest BCUT2D eigenvalue weighted by Crippen LogP contribution is 2.21. The first-order valence-corrected chi connectivity index (χ1v) is 8.18. The van der Waals surface area contributed by atoms with Gasteiger partial charge in [-0.15, -0.1) is 0 Å². The predicted molar refractivity (Wildman–Crippen MR) is 96.5 cm³/mol. The Morgan fingerprint density at radius 3 is 2.42 bits per heavy atom. The number of unbranched alkanes of at least 4 members (excludes halogenated alkanes) is 1. The van der Waals surface area contributed by atoms with Crippen molar-refractivity contribution in [3.8, 4) is 11.8 Å². The molecule has 2 aromatic carbocycles. The maximum absolute atomic E-state index is 11.6. The summed E-state index contributed by atoms with van der Waals surface area (Å²) in [5, 5.41) is 9.98. The molecular formula is C20H18ClNO2. The summed E-state index contributed by atoms with van der Waals surface area (Å²) in [6, 6.07) is 16.4. The molecule has 2 rings (SSSR count). The molecule has 0 bridgehead atoms. The molecule has 3 nitrogen and oxygen atoms in total. The fourth-order valence-corrected chi connectivity index (χ4v) is 2.24. The van der Waals surface area contributed by atoms with E-state index in [1.165, 1.54) is 0 Å². The topological polar surface area (TPSA) is 50.1 Å². The molecule has 4 heteroatoms. The summed E-state index contributed by atoms with van der Waals surface area (Å²) in [7, 11) is 0. The number of esters is 1. The number of hydrogen-bond acceptors (Lipinski definition) is 3. The van der Waals surface area contributed by atoms with E-state index in [9.17, 15) is 10.1 Å². The number of nitrogens with zero attached hydrogens (tertiary/aromatic N) is 1. The molecule has 2 aromatic rings. The van der Waals surface area contributed by atoms with Gasteiger partial charge in [-0.05, 0) is 47.9 Å². The average Bonchev–Trinajstić information content (AvgIpc) is 2.60. The summed E-state index contributed by atoms with van der Waals surface area (Å²) in [5.41, 5.74) is 2.20. The van der Waals surface area contributed by atoms with Crippen molar-refractivity contribution in [3.05, 3.63) is 64.7 Å². The number of benzene rings is 2. The molecule has 0 atom stereocenters. The fourth-order valence-electron chi connectivity index (χ4n) is 2.11. The molecule has 0 unspecified atom stereocenters. The van der Waals surface area contributed by atoms with Crippen LogP contribution in [0.25, 0.3) is 11.6 Å². The molecule has 0 aliphatic heterocycles. The standard InChI is InChI=1S/C20H18ClNO2/c1-2-3-4-20(23)24-19-11-5-15(6-12-19)13-17(14-22)16-7-9-18(21)10-8-16/h5-13H,2-4H2,1H3/b17-13-. The van der Waals surface area contributed by atoms with Crippen molar-refractivity contribution in [1.82, 2.24) is 0 Å². The maximum atomic E-state index is 11.6. The molecule has 0 saturated carbocycles. The normalized spacial score (nSPS) is 11.0. The van der Waals surface area contributed by atoms with E-state index in [2.05, 4.69) is 6.07 Å². The number of allylic oxidation sites excluding steroid dienone is 1. The van der Waals surface area contributed by atoms with Crippen LogP contribution in [0.4, 0.5) is 0 Å². The highest BCUT2D eigenvalue weighted by molar-refractivity contribution is 6.30. The van der Waals surface area contributed by atoms with E-state index >= 15 is 0 Å². The summed E-state index contributed by atoms with van der Waals surface area (Å²) in [4.78, 5) is 11.6. The second-order valence-corrected chi connectivity index (χ2v) is 5.76. The van der Waals surface area contributed by atoms with Gasteiger partial charge >= 0.3 is 5.97 Å². The minimum Gasteiger partial charge on any atom is -0.427 e. The summed E-state index contributed by atoms with van der Waals surface area (Å²) in [6.45, 7) is 2.03. The van der Waals surface area contributed by atoms with Gasteiger partial charge in [0, 0.05) is 11.4 Å². The zero-order chi connectivity index (χ0) is 17.4. The van der Waals surface area contributed by atoms with Crippen molar-refractivity contribution in [3.63, 3.8) is 0 Å². The van der Waals surface area contributed by atoms with Crippen LogP contribution in [0.1, 0.15) is 37.3 Å². The summed E-state index contributed by atoms with van der Waals surface area (Å²) < 4.78 is 5.26. The van der Waals surface area contributed by atoms with Crippen molar-refractivity contribution >= 4 is 29.2 Å². The second-order valence-electron chi connectivity index (χ2n) is 5.32. The Morgan fingerprint density at radius 1 is 1.17 bits per heavy atom. The lowest BCUT2D eigenvalue weighted by atomic mass is 10.0. The zero-order valence-electron chi connectivity index (χ0n) is 13.5. The predicted octanol–water partition coefficient (Wildman–Crippen LogP) is 5.50. The Kier molecular flexibility index (Phi) is 6.60. The highest BCUT2D eigenvalue weighted by atomic mass is 35.5. The first-order chi connectivity index (χ1) is 11.6. The van der Waals surface area contributed by atoms with Crippen LogP contribution >= 0.6 is 11.6 Å². The Hall–Kier alpha value is -2.57. The van der Waals surface area contributed by atoms with Crippen molar-refractivity contribution in [2.45, 2.75) is 26.2 Å². The molecule has 0 spiro atoms. The summed E-state index contributed by atoms with van der Waals surface area (Å²) in [5.74, 6) is 0.289. The average molecular weight is 340 g/mol. The highest BCUT2D eigenvalue weighted by Gasteiger charge is 2.05. The van der Waals surface area contributed by atoms with Crippen LogP contribution in [0.5, 0.6) is 5.75 Å². The number of ether oxygens (including phenoxy) is 1. The van der Waals surface area contributed by atoms with Crippen molar-refractivity contribution in [1.29, 1.82) is 5.26 Å². The molecule has 0 amide bonds. The summed E-state index contributed by atoms with van der Waals surface area (Å²) in [6.07, 6.45) is 3.99. The first-order valence-electron chi connectivity index (χ1n) is 7.81. The van der Waals surface area contributed by atoms with E-state index in [1.54, 1.807) is 42.5 Å². The van der Waals surface area contributed by atoms with Gasteiger partial charge in [0.15, 0.2) is 0 Å². The quantitative estimate of drug-likeness (QED) is 0.302. The van der Waals surface area contributed by atoms with Gasteiger partial charge in [-0.2, -0.15) is 5.26 Å². The van der Waals surface area contributed by atoms with Gasteiger partial charge in [-0.1, -0.05) is 49.2 Å². The molecule has 0 aromatic heterocycles. The number of carbonyl (C=O) groups excluding carboxylic acids is 1. The van der Waals surface area contributed by atoms with E-state index in [4.69, 9.17) is 16.3 Å². The van der Waals surface area contributed by atoms with E-state index in [-0.39, 0.29) is 5.97 Å². The molecule has 0 aliphatic rings. The van der Waals surface area contributed by atoms with Crippen LogP contribution in [0.2, 0.25) is 5.02 Å². The Labute approximate surface area is 147 Å². The minimum absolute atomic E-state index is 0.223. The van der Waals surface area contributed by atoms with Crippen LogP contribution in [-0.4, -0.2) is 5.97 Å². The SMILES string of the molecule is CCCCC(=O)Oc1ccc(/C=C(/C#N)c2ccc(Cl)cc2)cc1. The molecule has 0 radical (unpaired) electrons. The minimum atomic E-state index is -0.223. The zero-order valence-corrected chi connectivity index (χ0v) is 14.2. The first kappa shape index (κ1) is 17.8. The van der Waals surface area contributed by atoms with Crippen LogP contribution in [0.3, 0.4) is 0 Å². The Bertz CT molecular complexity index is 756. The number of rotatable bonds is 6.